The molecule has 0 radical (unpaired) electrons. The summed E-state index contributed by atoms with van der Waals surface area (Å²) in [5, 5.41) is 0. The van der Waals surface area contributed by atoms with Crippen LogP contribution in [-0.4, -0.2) is 6.04 Å². The molecular formula is C28H39N. The Hall–Kier alpha value is -1.60. The van der Waals surface area contributed by atoms with Gasteiger partial charge in [0.2, 0.25) is 0 Å². The van der Waals surface area contributed by atoms with Crippen molar-refractivity contribution in [2.24, 2.45) is 23.5 Å². The van der Waals surface area contributed by atoms with Gasteiger partial charge in [-0.05, 0) is 84.5 Å². The van der Waals surface area contributed by atoms with Crippen LogP contribution < -0.4 is 5.73 Å². The van der Waals surface area contributed by atoms with Gasteiger partial charge in [0.1, 0.15) is 0 Å². The fraction of sp³-hybridized carbons (Fsp3) is 0.571. The maximum absolute atomic E-state index is 6.36. The van der Waals surface area contributed by atoms with Gasteiger partial charge in [-0.1, -0.05) is 81.6 Å². The highest BCUT2D eigenvalue weighted by atomic mass is 14.6. The molecular weight excluding hydrogens is 350 g/mol. The van der Waals surface area contributed by atoms with E-state index in [9.17, 15) is 0 Å². The molecule has 156 valence electrons. The lowest BCUT2D eigenvalue weighted by atomic mass is 9.69. The Kier molecular flexibility index (Phi) is 6.44. The first-order chi connectivity index (χ1) is 14.0. The fourth-order valence-electron chi connectivity index (χ4n) is 5.88. The monoisotopic (exact) mass is 389 g/mol. The molecule has 2 saturated carbocycles. The summed E-state index contributed by atoms with van der Waals surface area (Å²) in [5.41, 5.74) is 12.0. The fourth-order valence-corrected chi connectivity index (χ4v) is 5.88. The first-order valence-corrected chi connectivity index (χ1v) is 12.0. The van der Waals surface area contributed by atoms with Crippen LogP contribution in [0.4, 0.5) is 0 Å². The average Bonchev–Trinajstić information content (AvgIpc) is 2.74. The SMILES string of the molecule is CC1CCC(c2ccc(-c3ccc(C4CCC(C)CC4C(C)N)cc3)cc2)CC1. The average molecular weight is 390 g/mol. The van der Waals surface area contributed by atoms with Crippen LogP contribution in [-0.2, 0) is 0 Å². The van der Waals surface area contributed by atoms with Crippen molar-refractivity contribution in [2.75, 3.05) is 0 Å². The molecule has 2 N–H and O–H groups in total. The first kappa shape index (κ1) is 20.7. The molecule has 0 saturated heterocycles. The van der Waals surface area contributed by atoms with Crippen molar-refractivity contribution in [3.05, 3.63) is 59.7 Å². The molecule has 2 fully saturated rings. The predicted octanol–water partition coefficient (Wildman–Crippen LogP) is 7.51. The summed E-state index contributed by atoms with van der Waals surface area (Å²) in [7, 11) is 0. The quantitative estimate of drug-likeness (QED) is 0.575. The minimum atomic E-state index is 0.276. The van der Waals surface area contributed by atoms with Gasteiger partial charge in [-0.2, -0.15) is 0 Å². The van der Waals surface area contributed by atoms with Crippen LogP contribution in [0.15, 0.2) is 48.5 Å². The summed E-state index contributed by atoms with van der Waals surface area (Å²) in [6.07, 6.45) is 9.36. The van der Waals surface area contributed by atoms with Gasteiger partial charge < -0.3 is 5.73 Å². The zero-order valence-corrected chi connectivity index (χ0v) is 18.6. The zero-order chi connectivity index (χ0) is 20.4. The summed E-state index contributed by atoms with van der Waals surface area (Å²) in [4.78, 5) is 0. The maximum atomic E-state index is 6.36. The molecule has 0 aromatic heterocycles. The second kappa shape index (κ2) is 9.04. The van der Waals surface area contributed by atoms with Crippen molar-refractivity contribution < 1.29 is 0 Å². The molecule has 2 aromatic carbocycles. The van der Waals surface area contributed by atoms with Crippen molar-refractivity contribution in [3.8, 4) is 11.1 Å². The molecule has 1 heteroatoms. The number of nitrogens with two attached hydrogens (primary N) is 1. The van der Waals surface area contributed by atoms with Gasteiger partial charge in [0, 0.05) is 6.04 Å². The van der Waals surface area contributed by atoms with E-state index in [4.69, 9.17) is 5.73 Å². The number of rotatable bonds is 4. The maximum Gasteiger partial charge on any atom is 0.00447 e. The van der Waals surface area contributed by atoms with Crippen LogP contribution in [0.1, 0.15) is 88.7 Å². The van der Waals surface area contributed by atoms with E-state index >= 15 is 0 Å². The Balaban J connectivity index is 1.46. The topological polar surface area (TPSA) is 26.0 Å². The third-order valence-corrected chi connectivity index (χ3v) is 7.91. The Morgan fingerprint density at radius 2 is 1.21 bits per heavy atom. The molecule has 2 aliphatic carbocycles. The second-order valence-corrected chi connectivity index (χ2v) is 10.2. The highest BCUT2D eigenvalue weighted by Gasteiger charge is 2.32. The third-order valence-electron chi connectivity index (χ3n) is 7.91. The van der Waals surface area contributed by atoms with Crippen LogP contribution in [0, 0.1) is 17.8 Å². The Morgan fingerprint density at radius 3 is 1.76 bits per heavy atom. The summed E-state index contributed by atoms with van der Waals surface area (Å²) < 4.78 is 0. The van der Waals surface area contributed by atoms with Gasteiger partial charge in [-0.25, -0.2) is 0 Å². The normalized spacial score (nSPS) is 31.4. The molecule has 0 heterocycles. The highest BCUT2D eigenvalue weighted by molar-refractivity contribution is 5.64. The summed E-state index contributed by atoms with van der Waals surface area (Å²) in [5.74, 6) is 3.73. The summed E-state index contributed by atoms with van der Waals surface area (Å²) in [6.45, 7) is 6.97. The molecule has 0 spiro atoms. The smallest absolute Gasteiger partial charge is 0.00447 e. The van der Waals surface area contributed by atoms with Gasteiger partial charge in [-0.15, -0.1) is 0 Å². The van der Waals surface area contributed by atoms with Crippen LogP contribution >= 0.6 is 0 Å². The van der Waals surface area contributed by atoms with E-state index < -0.39 is 0 Å². The van der Waals surface area contributed by atoms with Crippen molar-refractivity contribution in [3.63, 3.8) is 0 Å². The molecule has 1 nitrogen and oxygen atoms in total. The van der Waals surface area contributed by atoms with Crippen LogP contribution in [0.2, 0.25) is 0 Å². The Labute approximate surface area is 178 Å². The molecule has 0 amide bonds. The molecule has 2 aromatic rings. The van der Waals surface area contributed by atoms with Crippen molar-refractivity contribution >= 4 is 0 Å². The van der Waals surface area contributed by atoms with Gasteiger partial charge in [0.25, 0.3) is 0 Å². The minimum absolute atomic E-state index is 0.276. The number of hydrogen-bond donors (Lipinski definition) is 1. The van der Waals surface area contributed by atoms with E-state index in [1.807, 2.05) is 0 Å². The molecule has 2 aliphatic rings. The van der Waals surface area contributed by atoms with Gasteiger partial charge in [0.05, 0.1) is 0 Å². The standard InChI is InChI=1S/C28H39N/c1-19-4-7-22(8-5-19)23-9-11-24(12-10-23)25-13-15-26(16-14-25)27-17-6-20(2)18-28(27)21(3)29/h9-16,19-22,27-28H,4-8,17-18,29H2,1-3H3. The van der Waals surface area contributed by atoms with Crippen molar-refractivity contribution in [1.82, 2.24) is 0 Å². The predicted molar refractivity (Wildman–Crippen MR) is 125 cm³/mol. The van der Waals surface area contributed by atoms with E-state index in [0.29, 0.717) is 11.8 Å². The minimum Gasteiger partial charge on any atom is -0.328 e. The zero-order valence-electron chi connectivity index (χ0n) is 18.6. The molecule has 29 heavy (non-hydrogen) atoms. The van der Waals surface area contributed by atoms with Gasteiger partial charge >= 0.3 is 0 Å². The van der Waals surface area contributed by atoms with Gasteiger partial charge in [-0.3, -0.25) is 0 Å². The molecule has 4 unspecified atom stereocenters. The lowest BCUT2D eigenvalue weighted by Gasteiger charge is -2.37. The largest absolute Gasteiger partial charge is 0.328 e. The van der Waals surface area contributed by atoms with Gasteiger partial charge in [0.15, 0.2) is 0 Å². The van der Waals surface area contributed by atoms with E-state index in [2.05, 4.69) is 69.3 Å². The number of hydrogen-bond acceptors (Lipinski definition) is 1. The summed E-state index contributed by atoms with van der Waals surface area (Å²) >= 11 is 0. The van der Waals surface area contributed by atoms with Crippen molar-refractivity contribution in [2.45, 2.75) is 83.6 Å². The molecule has 4 rings (SSSR count). The Bertz CT molecular complexity index is 765. The van der Waals surface area contributed by atoms with E-state index in [1.54, 1.807) is 0 Å². The van der Waals surface area contributed by atoms with E-state index in [1.165, 1.54) is 67.2 Å². The first-order valence-electron chi connectivity index (χ1n) is 12.0. The lowest BCUT2D eigenvalue weighted by molar-refractivity contribution is 0.218. The lowest BCUT2D eigenvalue weighted by Crippen LogP contribution is -2.35. The summed E-state index contributed by atoms with van der Waals surface area (Å²) in [6, 6.07) is 19.1. The second-order valence-electron chi connectivity index (χ2n) is 10.2. The van der Waals surface area contributed by atoms with E-state index in [0.717, 1.165) is 17.8 Å². The third kappa shape index (κ3) is 4.77. The van der Waals surface area contributed by atoms with Crippen LogP contribution in [0.25, 0.3) is 11.1 Å². The molecule has 0 aliphatic heterocycles. The van der Waals surface area contributed by atoms with Crippen LogP contribution in [0.5, 0.6) is 0 Å². The van der Waals surface area contributed by atoms with Crippen molar-refractivity contribution in [1.29, 1.82) is 0 Å². The Morgan fingerprint density at radius 1 is 0.690 bits per heavy atom. The number of benzene rings is 2. The van der Waals surface area contributed by atoms with E-state index in [-0.39, 0.29) is 6.04 Å². The molecule has 0 bridgehead atoms. The molecule has 4 atom stereocenters. The van der Waals surface area contributed by atoms with Crippen LogP contribution in [0.3, 0.4) is 0 Å². The highest BCUT2D eigenvalue weighted by Crippen LogP contribution is 2.42.